The highest BCUT2D eigenvalue weighted by atomic mass is 32.2. The maximum atomic E-state index is 10.8. The molecule has 17 heavy (non-hydrogen) atoms. The van der Waals surface area contributed by atoms with E-state index in [0.717, 1.165) is 19.6 Å². The molecule has 0 aliphatic carbocycles. The lowest BCUT2D eigenvalue weighted by atomic mass is 9.74. The second kappa shape index (κ2) is 6.16. The fourth-order valence-electron chi connectivity index (χ4n) is 2.70. The number of nitrogens with zero attached hydrogens (tertiary/aromatic N) is 1. The van der Waals surface area contributed by atoms with E-state index in [-0.39, 0.29) is 5.75 Å². The lowest BCUT2D eigenvalue weighted by Crippen LogP contribution is -2.40. The maximum Gasteiger partial charge on any atom is 0.209 e. The van der Waals surface area contributed by atoms with Crippen LogP contribution in [0.1, 0.15) is 46.0 Å². The number of likely N-dealkylation sites (tertiary alicyclic amines) is 1. The van der Waals surface area contributed by atoms with Crippen LogP contribution in [0.15, 0.2) is 0 Å². The number of rotatable bonds is 6. The molecule has 0 unspecified atom stereocenters. The number of hydrogen-bond acceptors (Lipinski definition) is 3. The van der Waals surface area contributed by atoms with Crippen LogP contribution in [0.25, 0.3) is 0 Å². The molecule has 102 valence electrons. The van der Waals surface area contributed by atoms with Crippen LogP contribution in [0.4, 0.5) is 0 Å². The van der Waals surface area contributed by atoms with Gasteiger partial charge in [-0.3, -0.25) is 0 Å². The average molecular weight is 262 g/mol. The number of nitrogens with two attached hydrogens (primary N) is 1. The summed E-state index contributed by atoms with van der Waals surface area (Å²) in [6.07, 6.45) is 5.66. The van der Waals surface area contributed by atoms with Gasteiger partial charge in [0.1, 0.15) is 0 Å². The van der Waals surface area contributed by atoms with Crippen molar-refractivity contribution in [3.8, 4) is 0 Å². The molecule has 1 aliphatic rings. The van der Waals surface area contributed by atoms with Gasteiger partial charge < -0.3 is 4.90 Å². The third-order valence-electron chi connectivity index (χ3n) is 4.32. The van der Waals surface area contributed by atoms with Crippen LogP contribution >= 0.6 is 0 Å². The summed E-state index contributed by atoms with van der Waals surface area (Å²) in [7, 11) is -3.28. The molecule has 1 aliphatic heterocycles. The molecule has 1 rings (SSSR count). The summed E-state index contributed by atoms with van der Waals surface area (Å²) < 4.78 is 21.7. The van der Waals surface area contributed by atoms with E-state index >= 15 is 0 Å². The topological polar surface area (TPSA) is 63.4 Å². The highest BCUT2D eigenvalue weighted by Crippen LogP contribution is 2.37. The molecule has 1 saturated heterocycles. The molecule has 4 nitrogen and oxygen atoms in total. The number of piperidine rings is 1. The molecular formula is C12H26N2O2S. The van der Waals surface area contributed by atoms with Gasteiger partial charge in [0.05, 0.1) is 5.75 Å². The molecule has 1 heterocycles. The lowest BCUT2D eigenvalue weighted by Gasteiger charge is -2.41. The largest absolute Gasteiger partial charge is 0.303 e. The Morgan fingerprint density at radius 2 is 1.71 bits per heavy atom. The Kier molecular flexibility index (Phi) is 5.41. The summed E-state index contributed by atoms with van der Waals surface area (Å²) >= 11 is 0. The van der Waals surface area contributed by atoms with Crippen molar-refractivity contribution in [3.63, 3.8) is 0 Å². The SMILES string of the molecule is CCC1(CC)CCN(CCCS(N)(=O)=O)CC1. The predicted octanol–water partition coefficient (Wildman–Crippen LogP) is 1.57. The van der Waals surface area contributed by atoms with E-state index in [2.05, 4.69) is 18.7 Å². The van der Waals surface area contributed by atoms with E-state index in [1.807, 2.05) is 0 Å². The van der Waals surface area contributed by atoms with Crippen molar-refractivity contribution < 1.29 is 8.42 Å². The highest BCUT2D eigenvalue weighted by Gasteiger charge is 2.30. The summed E-state index contributed by atoms with van der Waals surface area (Å²) in [6.45, 7) is 7.62. The Hall–Kier alpha value is -0.130. The molecule has 0 spiro atoms. The van der Waals surface area contributed by atoms with Crippen LogP contribution in [0.5, 0.6) is 0 Å². The number of primary sulfonamides is 1. The van der Waals surface area contributed by atoms with Gasteiger partial charge in [0.25, 0.3) is 0 Å². The van der Waals surface area contributed by atoms with E-state index < -0.39 is 10.0 Å². The third-order valence-corrected chi connectivity index (χ3v) is 5.18. The molecule has 0 aromatic carbocycles. The first kappa shape index (κ1) is 14.9. The summed E-state index contributed by atoms with van der Waals surface area (Å²) in [4.78, 5) is 2.37. The Balaban J connectivity index is 2.28. The molecule has 5 heteroatoms. The van der Waals surface area contributed by atoms with E-state index in [4.69, 9.17) is 5.14 Å². The summed E-state index contributed by atoms with van der Waals surface area (Å²) in [5, 5.41) is 4.99. The first-order valence-electron chi connectivity index (χ1n) is 6.63. The van der Waals surface area contributed by atoms with Gasteiger partial charge in [-0.25, -0.2) is 13.6 Å². The zero-order valence-electron chi connectivity index (χ0n) is 11.1. The van der Waals surface area contributed by atoms with E-state index in [9.17, 15) is 8.42 Å². The normalized spacial score (nSPS) is 21.6. The monoisotopic (exact) mass is 262 g/mol. The van der Waals surface area contributed by atoms with Crippen LogP contribution in [-0.4, -0.2) is 38.7 Å². The average Bonchev–Trinajstić information content (AvgIpc) is 2.29. The van der Waals surface area contributed by atoms with Crippen LogP contribution in [-0.2, 0) is 10.0 Å². The highest BCUT2D eigenvalue weighted by molar-refractivity contribution is 7.89. The first-order valence-corrected chi connectivity index (χ1v) is 8.35. The molecule has 0 aromatic rings. The lowest BCUT2D eigenvalue weighted by molar-refractivity contribution is 0.0957. The molecule has 0 amide bonds. The minimum Gasteiger partial charge on any atom is -0.303 e. The van der Waals surface area contributed by atoms with Crippen molar-refractivity contribution in [2.75, 3.05) is 25.4 Å². The molecule has 2 N–H and O–H groups in total. The van der Waals surface area contributed by atoms with E-state index in [1.54, 1.807) is 0 Å². The minimum atomic E-state index is -3.28. The van der Waals surface area contributed by atoms with E-state index in [0.29, 0.717) is 11.8 Å². The molecule has 1 fully saturated rings. The quantitative estimate of drug-likeness (QED) is 0.790. The van der Waals surface area contributed by atoms with Crippen LogP contribution < -0.4 is 5.14 Å². The fraction of sp³-hybridized carbons (Fsp3) is 1.00. The zero-order chi connectivity index (χ0) is 12.9. The second-order valence-electron chi connectivity index (χ2n) is 5.27. The molecule has 0 aromatic heterocycles. The van der Waals surface area contributed by atoms with E-state index in [1.165, 1.54) is 25.7 Å². The summed E-state index contributed by atoms with van der Waals surface area (Å²) in [5.41, 5.74) is 0.538. The maximum absolute atomic E-state index is 10.8. The smallest absolute Gasteiger partial charge is 0.209 e. The fourth-order valence-corrected chi connectivity index (χ4v) is 3.23. The third kappa shape index (κ3) is 4.94. The van der Waals surface area contributed by atoms with Crippen LogP contribution in [0.3, 0.4) is 0 Å². The van der Waals surface area contributed by atoms with Crippen LogP contribution in [0.2, 0.25) is 0 Å². The van der Waals surface area contributed by atoms with Gasteiger partial charge in [0.15, 0.2) is 0 Å². The summed E-state index contributed by atoms with van der Waals surface area (Å²) in [6, 6.07) is 0. The van der Waals surface area contributed by atoms with Crippen molar-refractivity contribution in [3.05, 3.63) is 0 Å². The standard InChI is InChI=1S/C12H26N2O2S/c1-3-12(4-2)6-9-14(10-7-12)8-5-11-17(13,15)16/h3-11H2,1-2H3,(H2,13,15,16). The molecule has 0 atom stereocenters. The number of hydrogen-bond donors (Lipinski definition) is 1. The molecular weight excluding hydrogens is 236 g/mol. The van der Waals surface area contributed by atoms with Gasteiger partial charge in [-0.2, -0.15) is 0 Å². The molecule has 0 radical (unpaired) electrons. The van der Waals surface area contributed by atoms with Gasteiger partial charge in [0.2, 0.25) is 10.0 Å². The molecule has 0 saturated carbocycles. The Bertz CT molecular complexity index is 313. The van der Waals surface area contributed by atoms with Crippen LogP contribution in [0, 0.1) is 5.41 Å². The number of sulfonamides is 1. The van der Waals surface area contributed by atoms with Crippen molar-refractivity contribution in [1.82, 2.24) is 4.90 Å². The van der Waals surface area contributed by atoms with Gasteiger partial charge >= 0.3 is 0 Å². The predicted molar refractivity (Wildman–Crippen MR) is 71.3 cm³/mol. The Morgan fingerprint density at radius 1 is 1.18 bits per heavy atom. The van der Waals surface area contributed by atoms with Gasteiger partial charge in [-0.1, -0.05) is 26.7 Å². The van der Waals surface area contributed by atoms with Gasteiger partial charge in [0, 0.05) is 0 Å². The zero-order valence-corrected chi connectivity index (χ0v) is 11.9. The second-order valence-corrected chi connectivity index (χ2v) is 7.00. The summed E-state index contributed by atoms with van der Waals surface area (Å²) in [5.74, 6) is 0.107. The van der Waals surface area contributed by atoms with Crippen molar-refractivity contribution in [2.45, 2.75) is 46.0 Å². The minimum absolute atomic E-state index is 0.107. The first-order chi connectivity index (χ1) is 7.91. The van der Waals surface area contributed by atoms with Gasteiger partial charge in [-0.05, 0) is 44.3 Å². The van der Waals surface area contributed by atoms with Crippen molar-refractivity contribution >= 4 is 10.0 Å². The Morgan fingerprint density at radius 3 is 2.12 bits per heavy atom. The van der Waals surface area contributed by atoms with Crippen molar-refractivity contribution in [2.24, 2.45) is 10.6 Å². The van der Waals surface area contributed by atoms with Crippen molar-refractivity contribution in [1.29, 1.82) is 0 Å². The Labute approximate surface area is 106 Å². The molecule has 0 bridgehead atoms. The van der Waals surface area contributed by atoms with Gasteiger partial charge in [-0.15, -0.1) is 0 Å².